The Balaban J connectivity index is 1.63. The molecule has 0 spiro atoms. The summed E-state index contributed by atoms with van der Waals surface area (Å²) in [5.41, 5.74) is 0.988. The number of hydrogen-bond acceptors (Lipinski definition) is 4. The second-order valence-electron chi connectivity index (χ2n) is 6.50. The molecule has 28 heavy (non-hydrogen) atoms. The van der Waals surface area contributed by atoms with E-state index >= 15 is 0 Å². The molecule has 0 aliphatic carbocycles. The summed E-state index contributed by atoms with van der Waals surface area (Å²) in [5, 5.41) is 3.02. The van der Waals surface area contributed by atoms with Crippen molar-refractivity contribution in [1.82, 2.24) is 10.2 Å². The first-order valence-corrected chi connectivity index (χ1v) is 9.49. The molecular weight excluding hydrogens is 380 g/mol. The maximum absolute atomic E-state index is 12.8. The zero-order valence-electron chi connectivity index (χ0n) is 15.3. The Labute approximate surface area is 168 Å². The van der Waals surface area contributed by atoms with E-state index in [1.54, 1.807) is 53.4 Å². The lowest BCUT2D eigenvalue weighted by Gasteiger charge is -2.23. The fourth-order valence-electron chi connectivity index (χ4n) is 3.02. The predicted octanol–water partition coefficient (Wildman–Crippen LogP) is 2.98. The van der Waals surface area contributed by atoms with E-state index in [2.05, 4.69) is 5.32 Å². The first kappa shape index (κ1) is 19.9. The van der Waals surface area contributed by atoms with Gasteiger partial charge in [0.2, 0.25) is 6.10 Å². The lowest BCUT2D eigenvalue weighted by Crippen LogP contribution is -2.37. The third-order valence-electron chi connectivity index (χ3n) is 4.49. The van der Waals surface area contributed by atoms with E-state index in [4.69, 9.17) is 16.3 Å². The Bertz CT molecular complexity index is 833. The SMILES string of the molecule is O=C(CNC(=O)c1ccc(Cl)cc1)O[C@H](C(=O)N1CCCC1)c1ccccc1. The van der Waals surface area contributed by atoms with Gasteiger partial charge >= 0.3 is 5.97 Å². The van der Waals surface area contributed by atoms with Crippen LogP contribution in [0.25, 0.3) is 0 Å². The smallest absolute Gasteiger partial charge is 0.326 e. The molecule has 2 aromatic rings. The average Bonchev–Trinajstić information content (AvgIpc) is 3.26. The Morgan fingerprint density at radius 3 is 2.29 bits per heavy atom. The van der Waals surface area contributed by atoms with Crippen LogP contribution in [-0.2, 0) is 14.3 Å². The number of esters is 1. The second-order valence-corrected chi connectivity index (χ2v) is 6.94. The molecule has 0 aromatic heterocycles. The van der Waals surface area contributed by atoms with Crippen molar-refractivity contribution in [3.8, 4) is 0 Å². The molecule has 2 amide bonds. The van der Waals surface area contributed by atoms with Crippen molar-refractivity contribution >= 4 is 29.4 Å². The van der Waals surface area contributed by atoms with Crippen molar-refractivity contribution in [2.45, 2.75) is 18.9 Å². The van der Waals surface area contributed by atoms with Crippen molar-refractivity contribution < 1.29 is 19.1 Å². The molecule has 1 aliphatic rings. The highest BCUT2D eigenvalue weighted by atomic mass is 35.5. The standard InChI is InChI=1S/C21H21ClN2O4/c22-17-10-8-16(9-11-17)20(26)23-14-18(25)28-19(15-6-2-1-3-7-15)21(27)24-12-4-5-13-24/h1-3,6-11,19H,4-5,12-14H2,(H,23,26)/t19-/m0/s1. The third-order valence-corrected chi connectivity index (χ3v) is 4.75. The molecule has 1 fully saturated rings. The number of likely N-dealkylation sites (tertiary alicyclic amines) is 1. The van der Waals surface area contributed by atoms with Gasteiger partial charge in [0.25, 0.3) is 11.8 Å². The summed E-state index contributed by atoms with van der Waals surface area (Å²) in [4.78, 5) is 39.0. The lowest BCUT2D eigenvalue weighted by atomic mass is 10.1. The summed E-state index contributed by atoms with van der Waals surface area (Å²) < 4.78 is 5.45. The van der Waals surface area contributed by atoms with E-state index in [9.17, 15) is 14.4 Å². The Kier molecular flexibility index (Phi) is 6.66. The molecule has 6 nitrogen and oxygen atoms in total. The molecule has 1 saturated heterocycles. The first-order chi connectivity index (χ1) is 13.5. The van der Waals surface area contributed by atoms with Crippen LogP contribution in [0.3, 0.4) is 0 Å². The highest BCUT2D eigenvalue weighted by Gasteiger charge is 2.30. The minimum atomic E-state index is -1.01. The molecule has 0 radical (unpaired) electrons. The predicted molar refractivity (Wildman–Crippen MR) is 105 cm³/mol. The van der Waals surface area contributed by atoms with E-state index in [-0.39, 0.29) is 12.5 Å². The molecule has 3 rings (SSSR count). The van der Waals surface area contributed by atoms with Crippen LogP contribution in [0, 0.1) is 0 Å². The molecule has 146 valence electrons. The molecule has 0 bridgehead atoms. The highest BCUT2D eigenvalue weighted by molar-refractivity contribution is 6.30. The van der Waals surface area contributed by atoms with Gasteiger partial charge in [-0.15, -0.1) is 0 Å². The van der Waals surface area contributed by atoms with Crippen LogP contribution in [0.1, 0.15) is 34.9 Å². The van der Waals surface area contributed by atoms with E-state index in [0.717, 1.165) is 12.8 Å². The van der Waals surface area contributed by atoms with Gasteiger partial charge in [-0.2, -0.15) is 0 Å². The number of benzene rings is 2. The maximum Gasteiger partial charge on any atom is 0.326 e. The van der Waals surface area contributed by atoms with E-state index < -0.39 is 18.0 Å². The van der Waals surface area contributed by atoms with Gasteiger partial charge in [0.1, 0.15) is 6.54 Å². The summed E-state index contributed by atoms with van der Waals surface area (Å²) in [6.07, 6.45) is 0.871. The van der Waals surface area contributed by atoms with Crippen LogP contribution >= 0.6 is 11.6 Å². The molecule has 7 heteroatoms. The largest absolute Gasteiger partial charge is 0.446 e. The van der Waals surface area contributed by atoms with Crippen LogP contribution in [0.5, 0.6) is 0 Å². The van der Waals surface area contributed by atoms with E-state index in [1.165, 1.54) is 0 Å². The van der Waals surface area contributed by atoms with Crippen LogP contribution in [-0.4, -0.2) is 42.3 Å². The Hall–Kier alpha value is -2.86. The quantitative estimate of drug-likeness (QED) is 0.756. The van der Waals surface area contributed by atoms with Gasteiger partial charge in [0, 0.05) is 29.2 Å². The van der Waals surface area contributed by atoms with Gasteiger partial charge in [0.15, 0.2) is 0 Å². The first-order valence-electron chi connectivity index (χ1n) is 9.11. The number of ether oxygens (including phenoxy) is 1. The number of hydrogen-bond donors (Lipinski definition) is 1. The molecule has 1 N–H and O–H groups in total. The van der Waals surface area contributed by atoms with Crippen LogP contribution < -0.4 is 5.32 Å². The minimum Gasteiger partial charge on any atom is -0.446 e. The summed E-state index contributed by atoms with van der Waals surface area (Å²) in [6.45, 7) is 0.984. The molecule has 1 atom stereocenters. The number of rotatable bonds is 6. The van der Waals surface area contributed by atoms with Gasteiger partial charge < -0.3 is 15.0 Å². The number of amides is 2. The minimum absolute atomic E-state index is 0.235. The van der Waals surface area contributed by atoms with Crippen LogP contribution in [0.4, 0.5) is 0 Å². The highest BCUT2D eigenvalue weighted by Crippen LogP contribution is 2.22. The third kappa shape index (κ3) is 5.10. The van der Waals surface area contributed by atoms with Crippen molar-refractivity contribution in [3.05, 3.63) is 70.7 Å². The van der Waals surface area contributed by atoms with Crippen molar-refractivity contribution in [1.29, 1.82) is 0 Å². The van der Waals surface area contributed by atoms with Crippen LogP contribution in [0.2, 0.25) is 5.02 Å². The maximum atomic E-state index is 12.8. The molecule has 2 aromatic carbocycles. The lowest BCUT2D eigenvalue weighted by molar-refractivity contribution is -0.159. The fourth-order valence-corrected chi connectivity index (χ4v) is 3.15. The van der Waals surface area contributed by atoms with Gasteiger partial charge in [-0.3, -0.25) is 14.4 Å². The zero-order chi connectivity index (χ0) is 19.9. The van der Waals surface area contributed by atoms with Gasteiger partial charge in [-0.1, -0.05) is 41.9 Å². The number of nitrogens with one attached hydrogen (secondary N) is 1. The van der Waals surface area contributed by atoms with Crippen molar-refractivity contribution in [2.75, 3.05) is 19.6 Å². The normalized spacial score (nSPS) is 14.4. The van der Waals surface area contributed by atoms with Gasteiger partial charge in [0.05, 0.1) is 0 Å². The van der Waals surface area contributed by atoms with Gasteiger partial charge in [-0.05, 0) is 37.1 Å². The summed E-state index contributed by atoms with van der Waals surface area (Å²) in [7, 11) is 0. The Morgan fingerprint density at radius 2 is 1.64 bits per heavy atom. The monoisotopic (exact) mass is 400 g/mol. The van der Waals surface area contributed by atoms with Crippen molar-refractivity contribution in [3.63, 3.8) is 0 Å². The van der Waals surface area contributed by atoms with Gasteiger partial charge in [-0.25, -0.2) is 0 Å². The summed E-state index contributed by atoms with van der Waals surface area (Å²) >= 11 is 5.80. The number of carbonyl (C=O) groups excluding carboxylic acids is 3. The summed E-state index contributed by atoms with van der Waals surface area (Å²) in [5.74, 6) is -1.33. The zero-order valence-corrected chi connectivity index (χ0v) is 16.0. The number of carbonyl (C=O) groups is 3. The fraction of sp³-hybridized carbons (Fsp3) is 0.286. The number of halogens is 1. The molecule has 1 aliphatic heterocycles. The van der Waals surface area contributed by atoms with E-state index in [0.29, 0.717) is 29.2 Å². The van der Waals surface area contributed by atoms with E-state index in [1.807, 2.05) is 6.07 Å². The molecule has 0 saturated carbocycles. The van der Waals surface area contributed by atoms with Crippen LogP contribution in [0.15, 0.2) is 54.6 Å². The molecular formula is C21H21ClN2O4. The molecule has 0 unspecified atom stereocenters. The summed E-state index contributed by atoms with van der Waals surface area (Å²) in [6, 6.07) is 15.2. The number of nitrogens with zero attached hydrogens (tertiary/aromatic N) is 1. The average molecular weight is 401 g/mol. The second kappa shape index (κ2) is 9.37. The topological polar surface area (TPSA) is 75.7 Å². The Morgan fingerprint density at radius 1 is 1.00 bits per heavy atom. The van der Waals surface area contributed by atoms with Crippen molar-refractivity contribution in [2.24, 2.45) is 0 Å². The molecule has 1 heterocycles.